The van der Waals surface area contributed by atoms with Crippen LogP contribution in [0, 0.1) is 5.92 Å². The summed E-state index contributed by atoms with van der Waals surface area (Å²) in [7, 11) is 0. The van der Waals surface area contributed by atoms with Crippen molar-refractivity contribution in [3.63, 3.8) is 0 Å². The van der Waals surface area contributed by atoms with Gasteiger partial charge in [0, 0.05) is 31.9 Å². The quantitative estimate of drug-likeness (QED) is 0.905. The highest BCUT2D eigenvalue weighted by Crippen LogP contribution is 2.28. The first-order valence-corrected chi connectivity index (χ1v) is 8.86. The number of hydrogen-bond donors (Lipinski definition) is 1. The van der Waals surface area contributed by atoms with Crippen LogP contribution in [0.1, 0.15) is 51.6 Å². The third kappa shape index (κ3) is 3.25. The SMILES string of the molecule is CCCn1cc(CC)nc1N1CCCC(C2CCCN2)C1. The molecular formula is C17H30N4. The van der Waals surface area contributed by atoms with E-state index < -0.39 is 0 Å². The highest BCUT2D eigenvalue weighted by molar-refractivity contribution is 5.34. The molecule has 0 radical (unpaired) electrons. The van der Waals surface area contributed by atoms with Crippen molar-refractivity contribution in [2.45, 2.75) is 65.0 Å². The molecule has 0 aromatic carbocycles. The molecule has 2 atom stereocenters. The van der Waals surface area contributed by atoms with E-state index in [9.17, 15) is 0 Å². The fourth-order valence-electron chi connectivity index (χ4n) is 3.92. The summed E-state index contributed by atoms with van der Waals surface area (Å²) in [6.07, 6.45) is 9.87. The minimum Gasteiger partial charge on any atom is -0.342 e. The molecule has 2 aliphatic heterocycles. The normalized spacial score (nSPS) is 26.5. The molecular weight excluding hydrogens is 260 g/mol. The van der Waals surface area contributed by atoms with Crippen LogP contribution in [0.15, 0.2) is 6.20 Å². The van der Waals surface area contributed by atoms with Crippen molar-refractivity contribution in [3.05, 3.63) is 11.9 Å². The Morgan fingerprint density at radius 2 is 2.19 bits per heavy atom. The molecule has 3 heterocycles. The van der Waals surface area contributed by atoms with E-state index in [1.165, 1.54) is 63.4 Å². The first kappa shape index (κ1) is 14.9. The van der Waals surface area contributed by atoms with Crippen LogP contribution in [-0.2, 0) is 13.0 Å². The van der Waals surface area contributed by atoms with Crippen LogP contribution in [0.25, 0.3) is 0 Å². The molecule has 2 aliphatic rings. The molecule has 1 N–H and O–H groups in total. The van der Waals surface area contributed by atoms with Crippen LogP contribution >= 0.6 is 0 Å². The smallest absolute Gasteiger partial charge is 0.205 e. The maximum Gasteiger partial charge on any atom is 0.205 e. The highest BCUT2D eigenvalue weighted by Gasteiger charge is 2.30. The number of anilines is 1. The number of imidazole rings is 1. The fourth-order valence-corrected chi connectivity index (χ4v) is 3.92. The van der Waals surface area contributed by atoms with E-state index in [-0.39, 0.29) is 0 Å². The molecule has 0 saturated carbocycles. The van der Waals surface area contributed by atoms with Crippen molar-refractivity contribution in [3.8, 4) is 0 Å². The van der Waals surface area contributed by atoms with Gasteiger partial charge in [-0.2, -0.15) is 0 Å². The van der Waals surface area contributed by atoms with Crippen LogP contribution in [0.5, 0.6) is 0 Å². The lowest BCUT2D eigenvalue weighted by atomic mass is 9.90. The number of nitrogens with zero attached hydrogens (tertiary/aromatic N) is 3. The topological polar surface area (TPSA) is 33.1 Å². The average Bonchev–Trinajstić information content (AvgIpc) is 3.17. The van der Waals surface area contributed by atoms with Gasteiger partial charge in [-0.1, -0.05) is 13.8 Å². The lowest BCUT2D eigenvalue weighted by Gasteiger charge is -2.36. The largest absolute Gasteiger partial charge is 0.342 e. The van der Waals surface area contributed by atoms with E-state index >= 15 is 0 Å². The molecule has 0 spiro atoms. The number of hydrogen-bond acceptors (Lipinski definition) is 3. The Morgan fingerprint density at radius 1 is 1.29 bits per heavy atom. The van der Waals surface area contributed by atoms with E-state index in [0.717, 1.165) is 24.9 Å². The van der Waals surface area contributed by atoms with Gasteiger partial charge in [-0.15, -0.1) is 0 Å². The lowest BCUT2D eigenvalue weighted by Crippen LogP contribution is -2.44. The maximum atomic E-state index is 4.90. The molecule has 1 aromatic rings. The second kappa shape index (κ2) is 6.82. The van der Waals surface area contributed by atoms with Crippen LogP contribution in [0.3, 0.4) is 0 Å². The third-order valence-electron chi connectivity index (χ3n) is 5.04. The van der Waals surface area contributed by atoms with Gasteiger partial charge in [0.05, 0.1) is 5.69 Å². The van der Waals surface area contributed by atoms with Crippen molar-refractivity contribution in [1.82, 2.24) is 14.9 Å². The lowest BCUT2D eigenvalue weighted by molar-refractivity contribution is 0.325. The number of rotatable bonds is 5. The third-order valence-corrected chi connectivity index (χ3v) is 5.04. The van der Waals surface area contributed by atoms with Gasteiger partial charge in [0.1, 0.15) is 0 Å². The van der Waals surface area contributed by atoms with E-state index in [2.05, 4.69) is 34.8 Å². The van der Waals surface area contributed by atoms with Gasteiger partial charge in [0.15, 0.2) is 0 Å². The Labute approximate surface area is 128 Å². The Hall–Kier alpha value is -1.03. The Morgan fingerprint density at radius 3 is 2.90 bits per heavy atom. The Kier molecular flexibility index (Phi) is 4.84. The van der Waals surface area contributed by atoms with Crippen molar-refractivity contribution in [1.29, 1.82) is 0 Å². The summed E-state index contributed by atoms with van der Waals surface area (Å²) in [6.45, 7) is 9.10. The number of aromatic nitrogens is 2. The van der Waals surface area contributed by atoms with E-state index in [4.69, 9.17) is 4.98 Å². The second-order valence-electron chi connectivity index (χ2n) is 6.63. The molecule has 118 valence electrons. The van der Waals surface area contributed by atoms with Crippen molar-refractivity contribution < 1.29 is 0 Å². The van der Waals surface area contributed by atoms with Crippen molar-refractivity contribution in [2.75, 3.05) is 24.5 Å². The Bertz CT molecular complexity index is 448. The van der Waals surface area contributed by atoms with Gasteiger partial charge in [-0.3, -0.25) is 0 Å². The monoisotopic (exact) mass is 290 g/mol. The molecule has 0 bridgehead atoms. The van der Waals surface area contributed by atoms with Crippen LogP contribution < -0.4 is 10.2 Å². The van der Waals surface area contributed by atoms with Crippen LogP contribution in [0.4, 0.5) is 5.95 Å². The van der Waals surface area contributed by atoms with Crippen molar-refractivity contribution in [2.24, 2.45) is 5.92 Å². The molecule has 0 aliphatic carbocycles. The molecule has 21 heavy (non-hydrogen) atoms. The molecule has 0 amide bonds. The molecule has 2 unspecified atom stereocenters. The summed E-state index contributed by atoms with van der Waals surface area (Å²) < 4.78 is 2.38. The first-order valence-electron chi connectivity index (χ1n) is 8.86. The minimum absolute atomic E-state index is 0.744. The summed E-state index contributed by atoms with van der Waals surface area (Å²) in [4.78, 5) is 7.45. The minimum atomic E-state index is 0.744. The zero-order chi connectivity index (χ0) is 14.7. The van der Waals surface area contributed by atoms with Gasteiger partial charge in [-0.25, -0.2) is 4.98 Å². The summed E-state index contributed by atoms with van der Waals surface area (Å²) in [5, 5.41) is 3.70. The molecule has 3 rings (SSSR count). The van der Waals surface area contributed by atoms with Gasteiger partial charge < -0.3 is 14.8 Å². The van der Waals surface area contributed by atoms with Gasteiger partial charge >= 0.3 is 0 Å². The predicted molar refractivity (Wildman–Crippen MR) is 87.9 cm³/mol. The number of piperidine rings is 1. The standard InChI is InChI=1S/C17H30N4/c1-3-10-20-13-15(4-2)19-17(20)21-11-6-7-14(12-21)16-8-5-9-18-16/h13-14,16,18H,3-12H2,1-2H3. The van der Waals surface area contributed by atoms with Crippen LogP contribution in [-0.4, -0.2) is 35.2 Å². The van der Waals surface area contributed by atoms with Gasteiger partial charge in [-0.05, 0) is 51.0 Å². The van der Waals surface area contributed by atoms with Crippen molar-refractivity contribution >= 4 is 5.95 Å². The van der Waals surface area contributed by atoms with Gasteiger partial charge in [0.25, 0.3) is 0 Å². The van der Waals surface area contributed by atoms with E-state index in [1.54, 1.807) is 0 Å². The number of nitrogens with one attached hydrogen (secondary N) is 1. The maximum absolute atomic E-state index is 4.90. The Balaban J connectivity index is 1.74. The van der Waals surface area contributed by atoms with E-state index in [0.29, 0.717) is 0 Å². The zero-order valence-corrected chi connectivity index (χ0v) is 13.6. The molecule has 1 aromatic heterocycles. The average molecular weight is 290 g/mol. The van der Waals surface area contributed by atoms with Crippen LogP contribution in [0.2, 0.25) is 0 Å². The molecule has 2 saturated heterocycles. The highest BCUT2D eigenvalue weighted by atomic mass is 15.3. The summed E-state index contributed by atoms with van der Waals surface area (Å²) in [5.41, 5.74) is 1.24. The van der Waals surface area contributed by atoms with Gasteiger partial charge in [0.2, 0.25) is 5.95 Å². The molecule has 2 fully saturated rings. The number of aryl methyl sites for hydroxylation is 2. The summed E-state index contributed by atoms with van der Waals surface area (Å²) in [5.74, 6) is 2.02. The first-order chi connectivity index (χ1) is 10.3. The second-order valence-corrected chi connectivity index (χ2v) is 6.63. The van der Waals surface area contributed by atoms with E-state index in [1.807, 2.05) is 0 Å². The molecule has 4 heteroatoms. The summed E-state index contributed by atoms with van der Waals surface area (Å²) >= 11 is 0. The predicted octanol–water partition coefficient (Wildman–Crippen LogP) is 2.82. The molecule has 4 nitrogen and oxygen atoms in total. The zero-order valence-electron chi connectivity index (χ0n) is 13.6. The summed E-state index contributed by atoms with van der Waals surface area (Å²) in [6, 6.07) is 0.744. The fraction of sp³-hybridized carbons (Fsp3) is 0.824.